The van der Waals surface area contributed by atoms with E-state index >= 15 is 0 Å². The van der Waals surface area contributed by atoms with E-state index in [1.54, 1.807) is 0 Å². The number of hydrogen-bond acceptors (Lipinski definition) is 1. The number of carbonyl (C=O) groups is 1. The second-order valence-corrected chi connectivity index (χ2v) is 8.17. The minimum atomic E-state index is 0. The van der Waals surface area contributed by atoms with E-state index in [4.69, 9.17) is 0 Å². The summed E-state index contributed by atoms with van der Waals surface area (Å²) in [4.78, 5) is 11.7. The topological polar surface area (TPSA) is 17.1 Å². The van der Waals surface area contributed by atoms with Gasteiger partial charge in [-0.2, -0.15) is 29.8 Å². The van der Waals surface area contributed by atoms with Gasteiger partial charge in [0.05, 0.1) is 0 Å². The van der Waals surface area contributed by atoms with E-state index in [9.17, 15) is 4.79 Å². The molecule has 0 bridgehead atoms. The van der Waals surface area contributed by atoms with Crippen molar-refractivity contribution in [3.63, 3.8) is 0 Å². The van der Waals surface area contributed by atoms with Crippen LogP contribution in [0.15, 0.2) is 158 Å². The van der Waals surface area contributed by atoms with Crippen LogP contribution in [0.5, 0.6) is 0 Å². The van der Waals surface area contributed by atoms with Gasteiger partial charge in [-0.15, -0.1) is 12.1 Å². The minimum Gasteiger partial charge on any atom is -0.565 e. The van der Waals surface area contributed by atoms with Crippen LogP contribution in [0, 0.1) is 0 Å². The molecule has 0 unspecified atom stereocenters. The molecule has 0 N–H and O–H groups in total. The van der Waals surface area contributed by atoms with E-state index < -0.39 is 0 Å². The SMILES string of the molecule is O=C(c1ccccc1)[c-]1cccc1.[Fe].[Fe].c1cc[c-](-[c-]2[cH-][cH-][cH-][cH-]2)c1.c1ccc(C[c-]2cccc2)cc1. The normalized spacial score (nSPS) is 9.41. The van der Waals surface area contributed by atoms with E-state index in [0.717, 1.165) is 17.5 Å². The fraction of sp³-hybridized carbons (Fsp3) is 0.0294. The molecule has 194 valence electrons. The Bertz CT molecular complexity index is 1300. The average molecular weight is 564 g/mol. The molecule has 3 heteroatoms. The number of benzene rings is 2. The van der Waals surface area contributed by atoms with Gasteiger partial charge in [0.15, 0.2) is 0 Å². The van der Waals surface area contributed by atoms with Crippen molar-refractivity contribution < 1.29 is 38.9 Å². The molecular weight excluding hydrogens is 536 g/mol. The van der Waals surface area contributed by atoms with Crippen molar-refractivity contribution in [2.45, 2.75) is 6.42 Å². The Morgan fingerprint density at radius 2 is 1.08 bits per heavy atom. The van der Waals surface area contributed by atoms with Crippen LogP contribution in [-0.2, 0) is 40.6 Å². The van der Waals surface area contributed by atoms with E-state index in [2.05, 4.69) is 103 Å². The van der Waals surface area contributed by atoms with Crippen LogP contribution in [0.2, 0.25) is 0 Å². The monoisotopic (exact) mass is 564 g/mol. The first-order valence-corrected chi connectivity index (χ1v) is 11.8. The third-order valence-electron chi connectivity index (χ3n) is 5.60. The second kappa shape index (κ2) is 16.3. The largest absolute Gasteiger partial charge is 0.565 e. The molecule has 0 aliphatic carbocycles. The molecule has 1 nitrogen and oxygen atoms in total. The molecule has 6 aromatic carbocycles. The quantitative estimate of drug-likeness (QED) is 0.117. The Labute approximate surface area is 241 Å². The van der Waals surface area contributed by atoms with Crippen molar-refractivity contribution in [2.24, 2.45) is 0 Å². The molecular formula is C34H28Fe2O-8. The molecule has 0 spiro atoms. The fourth-order valence-corrected chi connectivity index (χ4v) is 3.78. The fourth-order valence-electron chi connectivity index (χ4n) is 3.78. The first-order valence-electron chi connectivity index (χ1n) is 11.8. The smallest absolute Gasteiger partial charge is 0.112 e. The molecule has 0 amide bonds. The van der Waals surface area contributed by atoms with Gasteiger partial charge in [-0.05, 0) is 6.42 Å². The van der Waals surface area contributed by atoms with Crippen LogP contribution in [0.25, 0.3) is 11.1 Å². The maximum absolute atomic E-state index is 11.7. The van der Waals surface area contributed by atoms with Crippen molar-refractivity contribution in [3.8, 4) is 11.1 Å². The number of rotatable bonds is 5. The van der Waals surface area contributed by atoms with Crippen LogP contribution in [0.3, 0.4) is 0 Å². The van der Waals surface area contributed by atoms with Crippen LogP contribution in [-0.4, -0.2) is 5.78 Å². The molecule has 0 heterocycles. The standard InChI is InChI=1S/C12H9O.C12H11.C10H8.2Fe/c13-12(11-8-4-5-9-11)10-6-2-1-3-7-10;1-2-6-11(7-3-1)10-12-8-4-5-9-12;1-2-6-9(5-1)10-7-3-4-8-10;;/h1-9H;1-9H,10H2;1-8H;;/q2*-1;-6;;. The molecule has 0 aromatic heterocycles. The van der Waals surface area contributed by atoms with Gasteiger partial charge in [0, 0.05) is 34.1 Å². The molecule has 0 radical (unpaired) electrons. The number of ketones is 1. The Kier molecular flexibility index (Phi) is 13.1. The zero-order valence-electron chi connectivity index (χ0n) is 20.3. The second-order valence-electron chi connectivity index (χ2n) is 8.17. The van der Waals surface area contributed by atoms with Crippen LogP contribution >= 0.6 is 0 Å². The van der Waals surface area contributed by atoms with E-state index in [1.807, 2.05) is 54.6 Å². The number of hydrogen-bond donors (Lipinski definition) is 0. The van der Waals surface area contributed by atoms with Gasteiger partial charge < -0.3 is 64.5 Å². The third-order valence-corrected chi connectivity index (χ3v) is 5.60. The molecule has 6 aromatic rings. The summed E-state index contributed by atoms with van der Waals surface area (Å²) in [5.74, 6) is 0.0885. The summed E-state index contributed by atoms with van der Waals surface area (Å²) in [5.41, 5.74) is 6.89. The minimum absolute atomic E-state index is 0. The van der Waals surface area contributed by atoms with Gasteiger partial charge in [0.25, 0.3) is 0 Å². The van der Waals surface area contributed by atoms with Gasteiger partial charge in [-0.1, -0.05) is 77.4 Å². The number of carbonyl (C=O) groups excluding carboxylic acids is 1. The van der Waals surface area contributed by atoms with Crippen molar-refractivity contribution in [3.05, 3.63) is 180 Å². The maximum atomic E-state index is 11.7. The van der Waals surface area contributed by atoms with Crippen molar-refractivity contribution in [1.29, 1.82) is 0 Å². The summed E-state index contributed by atoms with van der Waals surface area (Å²) in [6.45, 7) is 0. The zero-order chi connectivity index (χ0) is 24.1. The molecule has 6 rings (SSSR count). The maximum Gasteiger partial charge on any atom is 0.112 e. The van der Waals surface area contributed by atoms with E-state index in [1.165, 1.54) is 22.3 Å². The first-order chi connectivity index (χ1) is 17.3. The summed E-state index contributed by atoms with van der Waals surface area (Å²) in [6, 6.07) is 52.4. The van der Waals surface area contributed by atoms with Gasteiger partial charge in [0.2, 0.25) is 0 Å². The van der Waals surface area contributed by atoms with Crippen molar-refractivity contribution in [1.82, 2.24) is 0 Å². The molecule has 0 aliphatic rings. The van der Waals surface area contributed by atoms with Gasteiger partial charge in [0.1, 0.15) is 5.78 Å². The van der Waals surface area contributed by atoms with E-state index in [0.29, 0.717) is 0 Å². The van der Waals surface area contributed by atoms with Crippen molar-refractivity contribution in [2.75, 3.05) is 0 Å². The third kappa shape index (κ3) is 9.50. The molecule has 0 fully saturated rings. The molecule has 0 aliphatic heterocycles. The molecule has 0 atom stereocenters. The van der Waals surface area contributed by atoms with Crippen LogP contribution < -0.4 is 0 Å². The Balaban J connectivity index is 0.000000191. The zero-order valence-corrected chi connectivity index (χ0v) is 22.5. The Hall–Kier alpha value is -3.45. The Morgan fingerprint density at radius 1 is 0.595 bits per heavy atom. The summed E-state index contributed by atoms with van der Waals surface area (Å²) in [5, 5.41) is 0. The summed E-state index contributed by atoms with van der Waals surface area (Å²) in [6.07, 6.45) is 1.05. The van der Waals surface area contributed by atoms with Crippen LogP contribution in [0.4, 0.5) is 0 Å². The van der Waals surface area contributed by atoms with Crippen LogP contribution in [0.1, 0.15) is 27.0 Å². The first kappa shape index (κ1) is 29.8. The summed E-state index contributed by atoms with van der Waals surface area (Å²) < 4.78 is 0. The predicted octanol–water partition coefficient (Wildman–Crippen LogP) is 8.42. The van der Waals surface area contributed by atoms with Gasteiger partial charge in [-0.25, -0.2) is 12.1 Å². The average Bonchev–Trinajstić information content (AvgIpc) is 3.74. The van der Waals surface area contributed by atoms with E-state index in [-0.39, 0.29) is 39.9 Å². The summed E-state index contributed by atoms with van der Waals surface area (Å²) >= 11 is 0. The molecule has 37 heavy (non-hydrogen) atoms. The van der Waals surface area contributed by atoms with Gasteiger partial charge in [-0.3, -0.25) is 0 Å². The van der Waals surface area contributed by atoms with Gasteiger partial charge >= 0.3 is 0 Å². The summed E-state index contributed by atoms with van der Waals surface area (Å²) in [7, 11) is 0. The molecule has 0 saturated heterocycles. The molecule has 0 saturated carbocycles. The Morgan fingerprint density at radius 3 is 1.65 bits per heavy atom. The van der Waals surface area contributed by atoms with Crippen molar-refractivity contribution >= 4 is 5.78 Å². The predicted molar refractivity (Wildman–Crippen MR) is 146 cm³/mol.